The molecule has 1 heterocycles. The van der Waals surface area contributed by atoms with Crippen molar-refractivity contribution >= 4 is 34.5 Å². The molecule has 1 aromatic carbocycles. The number of aryl methyl sites for hydroxylation is 1. The monoisotopic (exact) mass is 323 g/mol. The second-order valence-corrected chi connectivity index (χ2v) is 6.49. The second-order valence-electron chi connectivity index (χ2n) is 5.05. The fourth-order valence-electron chi connectivity index (χ4n) is 2.07. The highest BCUT2D eigenvalue weighted by molar-refractivity contribution is 7.09. The maximum absolute atomic E-state index is 12.1. The number of nitrogens with one attached hydrogen (secondary N) is 2. The highest BCUT2D eigenvalue weighted by Crippen LogP contribution is 2.19. The summed E-state index contributed by atoms with van der Waals surface area (Å²) in [4.78, 5) is 14.7. The molecule has 0 saturated carbocycles. The molecule has 1 amide bonds. The zero-order valence-corrected chi connectivity index (χ0v) is 13.9. The summed E-state index contributed by atoms with van der Waals surface area (Å²) in [7, 11) is 0. The summed E-state index contributed by atoms with van der Waals surface area (Å²) in [6, 6.07) is 9.73. The lowest BCUT2D eigenvalue weighted by Crippen LogP contribution is -3.11. The number of benzene rings is 1. The van der Waals surface area contributed by atoms with Crippen molar-refractivity contribution in [1.82, 2.24) is 0 Å². The van der Waals surface area contributed by atoms with E-state index in [-0.39, 0.29) is 5.91 Å². The molecule has 1 atom stereocenters. The van der Waals surface area contributed by atoms with E-state index in [4.69, 9.17) is 11.6 Å². The van der Waals surface area contributed by atoms with Gasteiger partial charge in [-0.05, 0) is 43.0 Å². The van der Waals surface area contributed by atoms with Crippen LogP contribution >= 0.6 is 22.9 Å². The van der Waals surface area contributed by atoms with Gasteiger partial charge < -0.3 is 10.2 Å². The predicted octanol–water partition coefficient (Wildman–Crippen LogP) is 2.75. The standard InChI is InChI=1S/C16H19ClN2OS/c1-3-19(10-14-5-4-8-21-14)11-16(20)18-13-7-6-12(2)15(17)9-13/h4-9H,3,10-11H2,1-2H3,(H,18,20)/p+1. The maximum Gasteiger partial charge on any atom is 0.279 e. The van der Waals surface area contributed by atoms with E-state index >= 15 is 0 Å². The normalized spacial score (nSPS) is 12.1. The summed E-state index contributed by atoms with van der Waals surface area (Å²) < 4.78 is 0. The van der Waals surface area contributed by atoms with Crippen LogP contribution in [0.1, 0.15) is 17.4 Å². The van der Waals surface area contributed by atoms with Crippen LogP contribution < -0.4 is 10.2 Å². The molecule has 0 spiro atoms. The molecule has 0 fully saturated rings. The highest BCUT2D eigenvalue weighted by atomic mass is 35.5. The molecule has 112 valence electrons. The summed E-state index contributed by atoms with van der Waals surface area (Å²) in [5.74, 6) is 0.0170. The zero-order chi connectivity index (χ0) is 15.2. The van der Waals surface area contributed by atoms with Gasteiger partial charge in [-0.25, -0.2) is 0 Å². The lowest BCUT2D eigenvalue weighted by atomic mass is 10.2. The van der Waals surface area contributed by atoms with E-state index in [1.807, 2.05) is 25.1 Å². The lowest BCUT2D eigenvalue weighted by Gasteiger charge is -2.16. The minimum absolute atomic E-state index is 0.0170. The van der Waals surface area contributed by atoms with Gasteiger partial charge in [-0.15, -0.1) is 11.3 Å². The van der Waals surface area contributed by atoms with Crippen LogP contribution in [-0.4, -0.2) is 19.0 Å². The SMILES string of the molecule is CC[NH+](CC(=O)Nc1ccc(C)c(Cl)c1)Cc1cccs1. The van der Waals surface area contributed by atoms with Crippen molar-refractivity contribution in [2.24, 2.45) is 0 Å². The number of hydrogen-bond acceptors (Lipinski definition) is 2. The minimum atomic E-state index is 0.0170. The molecular formula is C16H20ClN2OS+. The first kappa shape index (κ1) is 16.0. The summed E-state index contributed by atoms with van der Waals surface area (Å²) in [6.45, 7) is 6.30. The zero-order valence-electron chi connectivity index (χ0n) is 12.3. The van der Waals surface area contributed by atoms with Crippen LogP contribution in [0.25, 0.3) is 0 Å². The Morgan fingerprint density at radius 2 is 2.19 bits per heavy atom. The van der Waals surface area contributed by atoms with Gasteiger partial charge in [-0.1, -0.05) is 23.7 Å². The van der Waals surface area contributed by atoms with Crippen molar-refractivity contribution in [1.29, 1.82) is 0 Å². The summed E-state index contributed by atoms with van der Waals surface area (Å²) in [5.41, 5.74) is 1.76. The second kappa shape index (κ2) is 7.59. The molecule has 0 aliphatic heterocycles. The molecule has 5 heteroatoms. The van der Waals surface area contributed by atoms with Gasteiger partial charge in [-0.3, -0.25) is 4.79 Å². The quantitative estimate of drug-likeness (QED) is 0.842. The van der Waals surface area contributed by atoms with E-state index in [9.17, 15) is 4.79 Å². The molecule has 0 radical (unpaired) electrons. The minimum Gasteiger partial charge on any atom is -0.323 e. The predicted molar refractivity (Wildman–Crippen MR) is 89.2 cm³/mol. The van der Waals surface area contributed by atoms with Crippen LogP contribution in [0, 0.1) is 6.92 Å². The van der Waals surface area contributed by atoms with Crippen molar-refractivity contribution in [3.63, 3.8) is 0 Å². The van der Waals surface area contributed by atoms with Gasteiger partial charge in [0.2, 0.25) is 0 Å². The van der Waals surface area contributed by atoms with Gasteiger partial charge in [0.05, 0.1) is 11.4 Å². The average Bonchev–Trinajstić information content (AvgIpc) is 2.95. The number of amides is 1. The number of carbonyl (C=O) groups excluding carboxylic acids is 1. The van der Waals surface area contributed by atoms with Gasteiger partial charge in [0.1, 0.15) is 6.54 Å². The molecule has 2 aromatic rings. The molecule has 1 aromatic heterocycles. The molecule has 0 saturated heterocycles. The molecule has 1 unspecified atom stereocenters. The molecule has 3 nitrogen and oxygen atoms in total. The Morgan fingerprint density at radius 3 is 2.81 bits per heavy atom. The molecule has 0 bridgehead atoms. The average molecular weight is 324 g/mol. The van der Waals surface area contributed by atoms with E-state index in [2.05, 4.69) is 23.7 Å². The van der Waals surface area contributed by atoms with E-state index in [1.165, 1.54) is 9.78 Å². The number of rotatable bonds is 6. The first-order valence-corrected chi connectivity index (χ1v) is 8.26. The van der Waals surface area contributed by atoms with Crippen molar-refractivity contribution < 1.29 is 9.69 Å². The Bertz CT molecular complexity index is 598. The fraction of sp³-hybridized carbons (Fsp3) is 0.312. The molecule has 2 N–H and O–H groups in total. The largest absolute Gasteiger partial charge is 0.323 e. The van der Waals surface area contributed by atoms with E-state index in [1.54, 1.807) is 17.4 Å². The van der Waals surface area contributed by atoms with Crippen molar-refractivity contribution in [2.75, 3.05) is 18.4 Å². The summed E-state index contributed by atoms with van der Waals surface area (Å²) in [5, 5.41) is 5.65. The van der Waals surface area contributed by atoms with E-state index in [0.717, 1.165) is 24.3 Å². The molecule has 21 heavy (non-hydrogen) atoms. The van der Waals surface area contributed by atoms with Crippen molar-refractivity contribution in [3.8, 4) is 0 Å². The third kappa shape index (κ3) is 4.84. The third-order valence-corrected chi connectivity index (χ3v) is 4.65. The smallest absolute Gasteiger partial charge is 0.279 e. The van der Waals surface area contributed by atoms with Gasteiger partial charge in [0, 0.05) is 10.7 Å². The number of likely N-dealkylation sites (N-methyl/N-ethyl adjacent to an activating group) is 1. The van der Waals surface area contributed by atoms with Crippen LogP contribution in [-0.2, 0) is 11.3 Å². The maximum atomic E-state index is 12.1. The molecule has 0 aliphatic carbocycles. The van der Waals surface area contributed by atoms with Gasteiger partial charge in [0.15, 0.2) is 6.54 Å². The number of anilines is 1. The van der Waals surface area contributed by atoms with Crippen molar-refractivity contribution in [3.05, 3.63) is 51.2 Å². The summed E-state index contributed by atoms with van der Waals surface area (Å²) >= 11 is 7.80. The van der Waals surface area contributed by atoms with Crippen LogP contribution in [0.4, 0.5) is 5.69 Å². The van der Waals surface area contributed by atoms with Gasteiger partial charge in [-0.2, -0.15) is 0 Å². The third-order valence-electron chi connectivity index (χ3n) is 3.37. The van der Waals surface area contributed by atoms with Crippen LogP contribution in [0.2, 0.25) is 5.02 Å². The van der Waals surface area contributed by atoms with Crippen LogP contribution in [0.5, 0.6) is 0 Å². The van der Waals surface area contributed by atoms with Crippen LogP contribution in [0.15, 0.2) is 35.7 Å². The Kier molecular flexibility index (Phi) is 5.79. The Balaban J connectivity index is 1.91. The van der Waals surface area contributed by atoms with Gasteiger partial charge >= 0.3 is 0 Å². The number of carbonyl (C=O) groups is 1. The molecular weight excluding hydrogens is 304 g/mol. The topological polar surface area (TPSA) is 33.5 Å². The Hall–Kier alpha value is -1.36. The number of halogens is 1. The van der Waals surface area contributed by atoms with E-state index < -0.39 is 0 Å². The number of quaternary nitrogens is 1. The fourth-order valence-corrected chi connectivity index (χ4v) is 3.03. The Labute approximate surface area is 134 Å². The lowest BCUT2D eigenvalue weighted by molar-refractivity contribution is -0.903. The molecule has 2 rings (SSSR count). The highest BCUT2D eigenvalue weighted by Gasteiger charge is 2.14. The van der Waals surface area contributed by atoms with E-state index in [0.29, 0.717) is 11.6 Å². The molecule has 0 aliphatic rings. The number of thiophene rings is 1. The number of hydrogen-bond donors (Lipinski definition) is 2. The summed E-state index contributed by atoms with van der Waals surface area (Å²) in [6.07, 6.45) is 0. The van der Waals surface area contributed by atoms with Crippen molar-refractivity contribution in [2.45, 2.75) is 20.4 Å². The van der Waals surface area contributed by atoms with Crippen LogP contribution in [0.3, 0.4) is 0 Å². The van der Waals surface area contributed by atoms with Gasteiger partial charge in [0.25, 0.3) is 5.91 Å². The first-order chi connectivity index (χ1) is 10.1. The Morgan fingerprint density at radius 1 is 1.38 bits per heavy atom. The first-order valence-electron chi connectivity index (χ1n) is 7.00.